The topological polar surface area (TPSA) is 51.4 Å². The molecule has 0 aliphatic carbocycles. The molecule has 0 radical (unpaired) electrons. The van der Waals surface area contributed by atoms with Crippen molar-refractivity contribution in [2.75, 3.05) is 25.7 Å². The van der Waals surface area contributed by atoms with Crippen LogP contribution in [0.3, 0.4) is 0 Å². The van der Waals surface area contributed by atoms with Crippen LogP contribution in [0.1, 0.15) is 12.6 Å². The summed E-state index contributed by atoms with van der Waals surface area (Å²) in [4.78, 5) is 6.77. The van der Waals surface area contributed by atoms with Gasteiger partial charge in [0.05, 0.1) is 17.8 Å². The number of hydrogen-bond acceptors (Lipinski definition) is 4. The maximum Gasteiger partial charge on any atom is 0.0726 e. The monoisotopic (exact) mass is 259 g/mol. The van der Waals surface area contributed by atoms with Crippen molar-refractivity contribution >= 4 is 16.6 Å². The summed E-state index contributed by atoms with van der Waals surface area (Å²) in [5.41, 5.74) is 8.78. The van der Waals surface area contributed by atoms with Crippen LogP contribution >= 0.6 is 0 Å². The van der Waals surface area contributed by atoms with E-state index in [4.69, 9.17) is 10.5 Å². The predicted molar refractivity (Wildman–Crippen MR) is 79.4 cm³/mol. The molecule has 4 nitrogen and oxygen atoms in total. The fourth-order valence-electron chi connectivity index (χ4n) is 2.20. The third-order valence-electron chi connectivity index (χ3n) is 3.41. The van der Waals surface area contributed by atoms with Crippen molar-refractivity contribution in [2.45, 2.75) is 19.5 Å². The molecule has 0 saturated carbocycles. The average Bonchev–Trinajstić information content (AvgIpc) is 2.45. The van der Waals surface area contributed by atoms with Crippen LogP contribution in [0.4, 0.5) is 5.69 Å². The van der Waals surface area contributed by atoms with Gasteiger partial charge in [-0.1, -0.05) is 18.2 Å². The molecule has 0 fully saturated rings. The first kappa shape index (κ1) is 13.8. The predicted octanol–water partition coefficient (Wildman–Crippen LogP) is 2.16. The van der Waals surface area contributed by atoms with Crippen molar-refractivity contribution in [3.05, 3.63) is 36.0 Å². The smallest absolute Gasteiger partial charge is 0.0726 e. The highest BCUT2D eigenvalue weighted by Gasteiger charge is 2.14. The Labute approximate surface area is 114 Å². The number of hydrogen-bond donors (Lipinski definition) is 1. The molecule has 2 N–H and O–H groups in total. The molecule has 19 heavy (non-hydrogen) atoms. The van der Waals surface area contributed by atoms with Gasteiger partial charge in [0.25, 0.3) is 0 Å². The molecular formula is C15H21N3O. The quantitative estimate of drug-likeness (QED) is 0.894. The highest BCUT2D eigenvalue weighted by molar-refractivity contribution is 5.92. The number of aromatic nitrogens is 1. The van der Waals surface area contributed by atoms with E-state index in [1.165, 1.54) is 0 Å². The summed E-state index contributed by atoms with van der Waals surface area (Å²) in [5.74, 6) is 0. The van der Waals surface area contributed by atoms with E-state index in [2.05, 4.69) is 36.0 Å². The molecule has 1 heterocycles. The van der Waals surface area contributed by atoms with Crippen molar-refractivity contribution in [2.24, 2.45) is 5.73 Å². The summed E-state index contributed by atoms with van der Waals surface area (Å²) < 4.78 is 5.23. The van der Waals surface area contributed by atoms with Gasteiger partial charge in [-0.25, -0.2) is 0 Å². The summed E-state index contributed by atoms with van der Waals surface area (Å²) >= 11 is 0. The molecule has 1 atom stereocenters. The van der Waals surface area contributed by atoms with E-state index in [0.29, 0.717) is 19.2 Å². The molecule has 1 unspecified atom stereocenters. The van der Waals surface area contributed by atoms with Gasteiger partial charge in [-0.05, 0) is 19.1 Å². The standard InChI is InChI=1S/C15H21N3O/c1-11(10-19-3)18(2)15-8-12(9-16)17-14-7-5-4-6-13(14)15/h4-8,11H,9-10,16H2,1-3H3. The number of anilines is 1. The number of para-hydroxylation sites is 1. The van der Waals surface area contributed by atoms with Gasteiger partial charge in [0.1, 0.15) is 0 Å². The Bertz CT molecular complexity index is 556. The first-order valence-corrected chi connectivity index (χ1v) is 6.48. The van der Waals surface area contributed by atoms with Gasteiger partial charge in [0.15, 0.2) is 0 Å². The maximum atomic E-state index is 5.74. The van der Waals surface area contributed by atoms with Crippen molar-refractivity contribution in [1.82, 2.24) is 4.98 Å². The van der Waals surface area contributed by atoms with Gasteiger partial charge in [-0.2, -0.15) is 0 Å². The lowest BCUT2D eigenvalue weighted by molar-refractivity contribution is 0.183. The first-order valence-electron chi connectivity index (χ1n) is 6.48. The SMILES string of the molecule is COCC(C)N(C)c1cc(CN)nc2ccccc12. The van der Waals surface area contributed by atoms with Gasteiger partial charge in [0, 0.05) is 37.8 Å². The van der Waals surface area contributed by atoms with Crippen LogP contribution < -0.4 is 10.6 Å². The molecule has 2 aromatic rings. The molecule has 1 aromatic heterocycles. The Morgan fingerprint density at radius 3 is 2.79 bits per heavy atom. The number of fused-ring (bicyclic) bond motifs is 1. The lowest BCUT2D eigenvalue weighted by atomic mass is 10.1. The van der Waals surface area contributed by atoms with Gasteiger partial charge in [-0.15, -0.1) is 0 Å². The van der Waals surface area contributed by atoms with E-state index in [-0.39, 0.29) is 0 Å². The number of rotatable bonds is 5. The second-order valence-corrected chi connectivity index (χ2v) is 4.77. The van der Waals surface area contributed by atoms with Crippen LogP contribution in [0.15, 0.2) is 30.3 Å². The van der Waals surface area contributed by atoms with Crippen LogP contribution in [0, 0.1) is 0 Å². The van der Waals surface area contributed by atoms with Crippen molar-refractivity contribution in [3.8, 4) is 0 Å². The molecule has 1 aromatic carbocycles. The van der Waals surface area contributed by atoms with Gasteiger partial charge < -0.3 is 15.4 Å². The Kier molecular flexibility index (Phi) is 4.35. The van der Waals surface area contributed by atoms with Crippen LogP contribution in [0.5, 0.6) is 0 Å². The van der Waals surface area contributed by atoms with E-state index >= 15 is 0 Å². The zero-order valence-corrected chi connectivity index (χ0v) is 11.8. The minimum Gasteiger partial charge on any atom is -0.383 e. The van der Waals surface area contributed by atoms with Crippen molar-refractivity contribution in [1.29, 1.82) is 0 Å². The molecule has 4 heteroatoms. The second kappa shape index (κ2) is 5.99. The Morgan fingerprint density at radius 2 is 2.11 bits per heavy atom. The number of nitrogens with two attached hydrogens (primary N) is 1. The summed E-state index contributed by atoms with van der Waals surface area (Å²) in [7, 11) is 3.80. The molecule has 0 aliphatic rings. The molecule has 102 valence electrons. The summed E-state index contributed by atoms with van der Waals surface area (Å²) in [6, 6.07) is 10.5. The van der Waals surface area contributed by atoms with E-state index in [1.54, 1.807) is 7.11 Å². The summed E-state index contributed by atoms with van der Waals surface area (Å²) in [5, 5.41) is 1.14. The van der Waals surface area contributed by atoms with Crippen LogP contribution in [-0.2, 0) is 11.3 Å². The Hall–Kier alpha value is -1.65. The van der Waals surface area contributed by atoms with Gasteiger partial charge in [0.2, 0.25) is 0 Å². The minimum atomic E-state index is 0.293. The average molecular weight is 259 g/mol. The lowest BCUT2D eigenvalue weighted by Gasteiger charge is -2.28. The number of likely N-dealkylation sites (N-methyl/N-ethyl adjacent to an activating group) is 1. The molecule has 2 rings (SSSR count). The van der Waals surface area contributed by atoms with E-state index in [0.717, 1.165) is 22.3 Å². The normalized spacial score (nSPS) is 12.6. The number of ether oxygens (including phenoxy) is 1. The highest BCUT2D eigenvalue weighted by Crippen LogP contribution is 2.27. The zero-order valence-electron chi connectivity index (χ0n) is 11.8. The number of pyridine rings is 1. The van der Waals surface area contributed by atoms with Crippen LogP contribution in [-0.4, -0.2) is 31.8 Å². The molecular weight excluding hydrogens is 238 g/mol. The largest absolute Gasteiger partial charge is 0.383 e. The molecule has 0 bridgehead atoms. The number of benzene rings is 1. The molecule has 0 spiro atoms. The van der Waals surface area contributed by atoms with Gasteiger partial charge in [-0.3, -0.25) is 4.98 Å². The maximum absolute atomic E-state index is 5.74. The van der Waals surface area contributed by atoms with E-state index in [9.17, 15) is 0 Å². The van der Waals surface area contributed by atoms with Crippen molar-refractivity contribution in [3.63, 3.8) is 0 Å². The summed E-state index contributed by atoms with van der Waals surface area (Å²) in [6.07, 6.45) is 0. The van der Waals surface area contributed by atoms with E-state index < -0.39 is 0 Å². The van der Waals surface area contributed by atoms with Gasteiger partial charge >= 0.3 is 0 Å². The lowest BCUT2D eigenvalue weighted by Crippen LogP contribution is -2.32. The molecule has 0 aliphatic heterocycles. The Balaban J connectivity index is 2.51. The number of nitrogens with zero attached hydrogens (tertiary/aromatic N) is 2. The Morgan fingerprint density at radius 1 is 1.37 bits per heavy atom. The summed E-state index contributed by atoms with van der Waals surface area (Å²) in [6.45, 7) is 3.27. The number of methoxy groups -OCH3 is 1. The minimum absolute atomic E-state index is 0.293. The fourth-order valence-corrected chi connectivity index (χ4v) is 2.20. The van der Waals surface area contributed by atoms with Crippen LogP contribution in [0.2, 0.25) is 0 Å². The third kappa shape index (κ3) is 2.85. The fraction of sp³-hybridized carbons (Fsp3) is 0.400. The highest BCUT2D eigenvalue weighted by atomic mass is 16.5. The molecule has 0 amide bonds. The third-order valence-corrected chi connectivity index (χ3v) is 3.41. The second-order valence-electron chi connectivity index (χ2n) is 4.77. The van der Waals surface area contributed by atoms with E-state index in [1.807, 2.05) is 18.2 Å². The molecule has 0 saturated heterocycles. The van der Waals surface area contributed by atoms with Crippen molar-refractivity contribution < 1.29 is 4.74 Å². The van der Waals surface area contributed by atoms with Crippen LogP contribution in [0.25, 0.3) is 10.9 Å². The first-order chi connectivity index (χ1) is 9.17. The zero-order chi connectivity index (χ0) is 13.8.